The SMILES string of the molecule is CCN(CC)c1ccc(NC(=O)CCCc2nc(C(C)(C)C)no2)cc1. The van der Waals surface area contributed by atoms with Crippen LogP contribution in [0.25, 0.3) is 0 Å². The molecule has 0 atom stereocenters. The number of carbonyl (C=O) groups excluding carboxylic acids is 1. The molecule has 6 heteroatoms. The van der Waals surface area contributed by atoms with E-state index in [0.717, 1.165) is 18.8 Å². The summed E-state index contributed by atoms with van der Waals surface area (Å²) in [6.45, 7) is 12.3. The minimum atomic E-state index is -0.129. The van der Waals surface area contributed by atoms with Crippen LogP contribution >= 0.6 is 0 Å². The summed E-state index contributed by atoms with van der Waals surface area (Å²) in [6.07, 6.45) is 1.71. The summed E-state index contributed by atoms with van der Waals surface area (Å²) in [4.78, 5) is 18.8. The molecule has 0 aliphatic rings. The highest BCUT2D eigenvalue weighted by Gasteiger charge is 2.20. The van der Waals surface area contributed by atoms with E-state index in [1.165, 1.54) is 5.69 Å². The van der Waals surface area contributed by atoms with Crippen LogP contribution in [-0.4, -0.2) is 29.1 Å². The van der Waals surface area contributed by atoms with Gasteiger partial charge in [-0.3, -0.25) is 4.79 Å². The van der Waals surface area contributed by atoms with Gasteiger partial charge in [0.15, 0.2) is 5.82 Å². The minimum Gasteiger partial charge on any atom is -0.372 e. The summed E-state index contributed by atoms with van der Waals surface area (Å²) in [5.74, 6) is 1.28. The zero-order chi connectivity index (χ0) is 19.2. The summed E-state index contributed by atoms with van der Waals surface area (Å²) in [5.41, 5.74) is 1.86. The lowest BCUT2D eigenvalue weighted by Crippen LogP contribution is -2.21. The summed E-state index contributed by atoms with van der Waals surface area (Å²) < 4.78 is 5.25. The Labute approximate surface area is 156 Å². The van der Waals surface area contributed by atoms with Crippen molar-refractivity contribution in [2.75, 3.05) is 23.3 Å². The zero-order valence-corrected chi connectivity index (χ0v) is 16.5. The molecule has 142 valence electrons. The molecule has 1 aromatic carbocycles. The molecular formula is C20H30N4O2. The number of benzene rings is 1. The van der Waals surface area contributed by atoms with Crippen LogP contribution in [0, 0.1) is 0 Å². The summed E-state index contributed by atoms with van der Waals surface area (Å²) in [6, 6.07) is 7.96. The predicted molar refractivity (Wildman–Crippen MR) is 105 cm³/mol. The van der Waals surface area contributed by atoms with E-state index < -0.39 is 0 Å². The first-order chi connectivity index (χ1) is 12.3. The molecule has 0 saturated carbocycles. The molecule has 6 nitrogen and oxygen atoms in total. The molecule has 0 unspecified atom stereocenters. The number of aromatic nitrogens is 2. The number of anilines is 2. The molecule has 0 spiro atoms. The van der Waals surface area contributed by atoms with E-state index in [1.807, 2.05) is 45.0 Å². The van der Waals surface area contributed by atoms with Gasteiger partial charge < -0.3 is 14.7 Å². The molecule has 0 aliphatic carbocycles. The third-order valence-electron chi connectivity index (χ3n) is 4.21. The molecule has 0 saturated heterocycles. The van der Waals surface area contributed by atoms with Crippen molar-refractivity contribution in [2.45, 2.75) is 59.3 Å². The fourth-order valence-corrected chi connectivity index (χ4v) is 2.63. The fraction of sp³-hybridized carbons (Fsp3) is 0.550. The predicted octanol–water partition coefficient (Wildman–Crippen LogP) is 4.17. The first-order valence-electron chi connectivity index (χ1n) is 9.31. The highest BCUT2D eigenvalue weighted by molar-refractivity contribution is 5.90. The molecule has 1 amide bonds. The van der Waals surface area contributed by atoms with Crippen LogP contribution in [0.15, 0.2) is 28.8 Å². The van der Waals surface area contributed by atoms with Crippen LogP contribution in [0.3, 0.4) is 0 Å². The zero-order valence-electron chi connectivity index (χ0n) is 16.5. The quantitative estimate of drug-likeness (QED) is 0.766. The number of nitrogens with one attached hydrogen (secondary N) is 1. The van der Waals surface area contributed by atoms with E-state index in [4.69, 9.17) is 4.52 Å². The molecule has 0 aliphatic heterocycles. The molecule has 1 heterocycles. The van der Waals surface area contributed by atoms with Crippen molar-refractivity contribution in [3.8, 4) is 0 Å². The largest absolute Gasteiger partial charge is 0.372 e. The van der Waals surface area contributed by atoms with Crippen molar-refractivity contribution in [2.24, 2.45) is 0 Å². The van der Waals surface area contributed by atoms with Crippen LogP contribution in [0.4, 0.5) is 11.4 Å². The number of amides is 1. The lowest BCUT2D eigenvalue weighted by molar-refractivity contribution is -0.116. The smallest absolute Gasteiger partial charge is 0.226 e. The maximum Gasteiger partial charge on any atom is 0.226 e. The average Bonchev–Trinajstić information content (AvgIpc) is 3.07. The van der Waals surface area contributed by atoms with Gasteiger partial charge in [-0.25, -0.2) is 0 Å². The van der Waals surface area contributed by atoms with Crippen molar-refractivity contribution in [1.29, 1.82) is 0 Å². The van der Waals surface area contributed by atoms with Gasteiger partial charge in [-0.05, 0) is 44.5 Å². The molecule has 0 bridgehead atoms. The first-order valence-corrected chi connectivity index (χ1v) is 9.31. The van der Waals surface area contributed by atoms with Gasteiger partial charge in [0.05, 0.1) is 0 Å². The Hall–Kier alpha value is -2.37. The Balaban J connectivity index is 1.79. The van der Waals surface area contributed by atoms with Crippen molar-refractivity contribution in [1.82, 2.24) is 10.1 Å². The van der Waals surface area contributed by atoms with Gasteiger partial charge in [0.2, 0.25) is 11.8 Å². The van der Waals surface area contributed by atoms with Crippen molar-refractivity contribution >= 4 is 17.3 Å². The Morgan fingerprint density at radius 3 is 2.35 bits per heavy atom. The highest BCUT2D eigenvalue weighted by atomic mass is 16.5. The lowest BCUT2D eigenvalue weighted by atomic mass is 9.96. The van der Waals surface area contributed by atoms with Crippen LogP contribution in [-0.2, 0) is 16.6 Å². The second-order valence-electron chi connectivity index (χ2n) is 7.38. The van der Waals surface area contributed by atoms with E-state index in [0.29, 0.717) is 31.0 Å². The number of aryl methyl sites for hydroxylation is 1. The van der Waals surface area contributed by atoms with Gasteiger partial charge in [0.1, 0.15) is 0 Å². The molecule has 1 N–H and O–H groups in total. The number of hydrogen-bond acceptors (Lipinski definition) is 5. The van der Waals surface area contributed by atoms with Crippen LogP contribution in [0.1, 0.15) is 59.2 Å². The van der Waals surface area contributed by atoms with Gasteiger partial charge in [0, 0.05) is 42.7 Å². The van der Waals surface area contributed by atoms with Gasteiger partial charge in [-0.15, -0.1) is 0 Å². The van der Waals surface area contributed by atoms with E-state index >= 15 is 0 Å². The number of hydrogen-bond donors (Lipinski definition) is 1. The Kier molecular flexibility index (Phi) is 6.77. The van der Waals surface area contributed by atoms with E-state index in [9.17, 15) is 4.79 Å². The second kappa shape index (κ2) is 8.83. The Morgan fingerprint density at radius 1 is 1.15 bits per heavy atom. The van der Waals surface area contributed by atoms with Crippen LogP contribution in [0.5, 0.6) is 0 Å². The Morgan fingerprint density at radius 2 is 1.81 bits per heavy atom. The summed E-state index contributed by atoms with van der Waals surface area (Å²) in [7, 11) is 0. The van der Waals surface area contributed by atoms with Gasteiger partial charge in [-0.2, -0.15) is 4.98 Å². The molecule has 26 heavy (non-hydrogen) atoms. The average molecular weight is 358 g/mol. The number of nitrogens with zero attached hydrogens (tertiary/aromatic N) is 3. The number of rotatable bonds is 8. The maximum absolute atomic E-state index is 12.1. The summed E-state index contributed by atoms with van der Waals surface area (Å²) >= 11 is 0. The third-order valence-corrected chi connectivity index (χ3v) is 4.21. The monoisotopic (exact) mass is 358 g/mol. The van der Waals surface area contributed by atoms with Crippen molar-refractivity contribution in [3.05, 3.63) is 36.0 Å². The molecular weight excluding hydrogens is 328 g/mol. The van der Waals surface area contributed by atoms with Crippen molar-refractivity contribution < 1.29 is 9.32 Å². The van der Waals surface area contributed by atoms with Gasteiger partial charge in [-0.1, -0.05) is 25.9 Å². The van der Waals surface area contributed by atoms with E-state index in [-0.39, 0.29) is 11.3 Å². The first kappa shape index (κ1) is 19.9. The van der Waals surface area contributed by atoms with Crippen LogP contribution < -0.4 is 10.2 Å². The van der Waals surface area contributed by atoms with Crippen LogP contribution in [0.2, 0.25) is 0 Å². The topological polar surface area (TPSA) is 71.3 Å². The lowest BCUT2D eigenvalue weighted by Gasteiger charge is -2.21. The second-order valence-corrected chi connectivity index (χ2v) is 7.38. The maximum atomic E-state index is 12.1. The third kappa shape index (κ3) is 5.58. The normalized spacial score (nSPS) is 11.4. The van der Waals surface area contributed by atoms with Gasteiger partial charge in [0.25, 0.3) is 0 Å². The summed E-state index contributed by atoms with van der Waals surface area (Å²) in [5, 5.41) is 6.93. The van der Waals surface area contributed by atoms with Crippen molar-refractivity contribution in [3.63, 3.8) is 0 Å². The highest BCUT2D eigenvalue weighted by Crippen LogP contribution is 2.20. The molecule has 0 fully saturated rings. The fourth-order valence-electron chi connectivity index (χ4n) is 2.63. The van der Waals surface area contributed by atoms with E-state index in [2.05, 4.69) is 34.2 Å². The van der Waals surface area contributed by atoms with Gasteiger partial charge >= 0.3 is 0 Å². The number of carbonyl (C=O) groups is 1. The minimum absolute atomic E-state index is 0.00357. The standard InChI is InChI=1S/C20H30N4O2/c1-6-24(7-2)16-13-11-15(12-14-16)21-17(25)9-8-10-18-22-19(23-26-18)20(3,4)5/h11-14H,6-10H2,1-5H3,(H,21,25). The molecule has 2 rings (SSSR count). The Bertz CT molecular complexity index is 697. The van der Waals surface area contributed by atoms with E-state index in [1.54, 1.807) is 0 Å². The molecule has 2 aromatic rings. The molecule has 1 aromatic heterocycles. The molecule has 0 radical (unpaired) electrons.